The van der Waals surface area contributed by atoms with Gasteiger partial charge in [0.1, 0.15) is 6.04 Å². The van der Waals surface area contributed by atoms with Gasteiger partial charge in [-0.2, -0.15) is 13.2 Å². The molecule has 8 heteroatoms. The number of carbonyl (C=O) groups excluding carboxylic acids is 2. The Morgan fingerprint density at radius 2 is 1.90 bits per heavy atom. The number of alkyl halides is 3. The quantitative estimate of drug-likeness (QED) is 0.797. The lowest BCUT2D eigenvalue weighted by Crippen LogP contribution is -2.54. The molecule has 0 aromatic rings. The van der Waals surface area contributed by atoms with E-state index in [4.69, 9.17) is 0 Å². The Bertz CT molecular complexity index is 363. The molecular formula is C12H20F3N3O2. The van der Waals surface area contributed by atoms with Crippen LogP contribution >= 0.6 is 0 Å². The predicted molar refractivity (Wildman–Crippen MR) is 66.9 cm³/mol. The van der Waals surface area contributed by atoms with Crippen molar-refractivity contribution in [2.75, 3.05) is 20.6 Å². The van der Waals surface area contributed by atoms with Crippen LogP contribution in [0.1, 0.15) is 19.8 Å². The molecule has 1 fully saturated rings. The molecule has 1 aliphatic rings. The second-order valence-electron chi connectivity index (χ2n) is 5.24. The summed E-state index contributed by atoms with van der Waals surface area (Å²) in [6.07, 6.45) is -4.20. The fourth-order valence-corrected chi connectivity index (χ4v) is 2.12. The van der Waals surface area contributed by atoms with E-state index in [1.54, 1.807) is 21.0 Å². The number of likely N-dealkylation sites (N-methyl/N-ethyl adjacent to an activating group) is 1. The molecule has 1 aliphatic heterocycles. The van der Waals surface area contributed by atoms with Crippen LogP contribution in [0.5, 0.6) is 0 Å². The second kappa shape index (κ2) is 6.43. The van der Waals surface area contributed by atoms with Crippen LogP contribution in [0.25, 0.3) is 0 Å². The fourth-order valence-electron chi connectivity index (χ4n) is 2.12. The molecule has 0 spiro atoms. The first-order chi connectivity index (χ1) is 9.12. The number of amides is 2. The van der Waals surface area contributed by atoms with Crippen molar-refractivity contribution >= 4 is 11.8 Å². The van der Waals surface area contributed by atoms with Crippen molar-refractivity contribution in [1.29, 1.82) is 0 Å². The zero-order valence-electron chi connectivity index (χ0n) is 11.8. The molecule has 3 unspecified atom stereocenters. The van der Waals surface area contributed by atoms with Gasteiger partial charge in [0.05, 0.1) is 12.0 Å². The predicted octanol–water partition coefficient (Wildman–Crippen LogP) is 0.510. The lowest BCUT2D eigenvalue weighted by molar-refractivity contribution is -0.180. The number of hydrogen-bond donors (Lipinski definition) is 2. The number of piperidine rings is 1. The largest absolute Gasteiger partial charge is 0.393 e. The van der Waals surface area contributed by atoms with Crippen LogP contribution < -0.4 is 10.6 Å². The Balaban J connectivity index is 2.46. The number of rotatable bonds is 3. The van der Waals surface area contributed by atoms with E-state index >= 15 is 0 Å². The fraction of sp³-hybridized carbons (Fsp3) is 0.833. The van der Waals surface area contributed by atoms with Crippen molar-refractivity contribution in [1.82, 2.24) is 15.5 Å². The van der Waals surface area contributed by atoms with Gasteiger partial charge in [-0.3, -0.25) is 9.59 Å². The van der Waals surface area contributed by atoms with Gasteiger partial charge >= 0.3 is 6.18 Å². The Morgan fingerprint density at radius 3 is 2.30 bits per heavy atom. The van der Waals surface area contributed by atoms with Crippen molar-refractivity contribution in [3.63, 3.8) is 0 Å². The van der Waals surface area contributed by atoms with Gasteiger partial charge in [-0.15, -0.1) is 0 Å². The topological polar surface area (TPSA) is 61.4 Å². The average Bonchev–Trinajstić information content (AvgIpc) is 2.36. The molecule has 2 amide bonds. The number of hydrogen-bond acceptors (Lipinski definition) is 3. The van der Waals surface area contributed by atoms with Gasteiger partial charge < -0.3 is 15.5 Å². The van der Waals surface area contributed by atoms with Crippen LogP contribution in [0.15, 0.2) is 0 Å². The molecule has 0 radical (unpaired) electrons. The third kappa shape index (κ3) is 4.36. The zero-order chi connectivity index (χ0) is 15.5. The first-order valence-electron chi connectivity index (χ1n) is 6.44. The van der Waals surface area contributed by atoms with Crippen molar-refractivity contribution in [3.8, 4) is 0 Å². The van der Waals surface area contributed by atoms with Crippen LogP contribution in [0.4, 0.5) is 13.2 Å². The van der Waals surface area contributed by atoms with Crippen LogP contribution in [-0.4, -0.2) is 55.6 Å². The highest BCUT2D eigenvalue weighted by Crippen LogP contribution is 2.31. The highest BCUT2D eigenvalue weighted by atomic mass is 19.4. The van der Waals surface area contributed by atoms with E-state index in [1.165, 1.54) is 4.90 Å². The normalized spacial score (nSPS) is 24.9. The summed E-state index contributed by atoms with van der Waals surface area (Å²) in [5.41, 5.74) is 0. The maximum atomic E-state index is 12.5. The van der Waals surface area contributed by atoms with Gasteiger partial charge in [0.15, 0.2) is 0 Å². The molecule has 0 saturated carbocycles. The van der Waals surface area contributed by atoms with Gasteiger partial charge in [0.25, 0.3) is 0 Å². The summed E-state index contributed by atoms with van der Waals surface area (Å²) < 4.78 is 37.5. The van der Waals surface area contributed by atoms with E-state index in [-0.39, 0.29) is 25.3 Å². The molecule has 2 N–H and O–H groups in total. The zero-order valence-corrected chi connectivity index (χ0v) is 11.8. The van der Waals surface area contributed by atoms with Gasteiger partial charge in [0.2, 0.25) is 11.8 Å². The third-order valence-corrected chi connectivity index (χ3v) is 3.36. The molecule has 3 atom stereocenters. The molecule has 0 bridgehead atoms. The standard InChI is InChI=1S/C12H20F3N3O2/c1-7(11(20)18(2)3)17-10(19)9-5-4-8(6-16-9)12(13,14)15/h7-9,16H,4-6H2,1-3H3,(H,17,19). The van der Waals surface area contributed by atoms with Gasteiger partial charge in [-0.1, -0.05) is 0 Å². The van der Waals surface area contributed by atoms with Gasteiger partial charge in [-0.05, 0) is 19.8 Å². The smallest absolute Gasteiger partial charge is 0.347 e. The summed E-state index contributed by atoms with van der Waals surface area (Å²) in [5, 5.41) is 5.10. The minimum absolute atomic E-state index is 0.0788. The van der Waals surface area contributed by atoms with E-state index < -0.39 is 30.1 Å². The molecule has 1 heterocycles. The molecule has 1 saturated heterocycles. The second-order valence-corrected chi connectivity index (χ2v) is 5.24. The highest BCUT2D eigenvalue weighted by Gasteiger charge is 2.42. The van der Waals surface area contributed by atoms with Crippen LogP contribution in [0, 0.1) is 5.92 Å². The Hall–Kier alpha value is -1.31. The Labute approximate surface area is 115 Å². The summed E-state index contributed by atoms with van der Waals surface area (Å²) in [6.45, 7) is 1.28. The molecule has 5 nitrogen and oxygen atoms in total. The summed E-state index contributed by atoms with van der Waals surface area (Å²) in [7, 11) is 3.13. The lowest BCUT2D eigenvalue weighted by Gasteiger charge is -2.31. The summed E-state index contributed by atoms with van der Waals surface area (Å²) >= 11 is 0. The average molecular weight is 295 g/mol. The highest BCUT2D eigenvalue weighted by molar-refractivity contribution is 5.89. The van der Waals surface area contributed by atoms with Crippen molar-refractivity contribution in [2.45, 2.75) is 38.0 Å². The summed E-state index contributed by atoms with van der Waals surface area (Å²) in [4.78, 5) is 24.8. The summed E-state index contributed by atoms with van der Waals surface area (Å²) in [5.74, 6) is -2.11. The maximum absolute atomic E-state index is 12.5. The van der Waals surface area contributed by atoms with Crippen LogP contribution in [0.2, 0.25) is 0 Å². The molecule has 20 heavy (non-hydrogen) atoms. The van der Waals surface area contributed by atoms with E-state index in [0.29, 0.717) is 0 Å². The lowest BCUT2D eigenvalue weighted by atomic mass is 9.94. The van der Waals surface area contributed by atoms with Crippen LogP contribution in [-0.2, 0) is 9.59 Å². The first-order valence-corrected chi connectivity index (χ1v) is 6.44. The molecule has 0 aromatic carbocycles. The Morgan fingerprint density at radius 1 is 1.30 bits per heavy atom. The molecule has 116 valence electrons. The van der Waals surface area contributed by atoms with Crippen molar-refractivity contribution in [2.24, 2.45) is 5.92 Å². The number of nitrogens with zero attached hydrogens (tertiary/aromatic N) is 1. The SMILES string of the molecule is CC(NC(=O)C1CCC(C(F)(F)F)CN1)C(=O)N(C)C. The first kappa shape index (κ1) is 16.7. The minimum atomic E-state index is -4.23. The van der Waals surface area contributed by atoms with E-state index in [9.17, 15) is 22.8 Å². The number of nitrogens with one attached hydrogen (secondary N) is 2. The van der Waals surface area contributed by atoms with Gasteiger partial charge in [0, 0.05) is 20.6 Å². The van der Waals surface area contributed by atoms with E-state index in [0.717, 1.165) is 0 Å². The molecule has 0 aromatic heterocycles. The molecular weight excluding hydrogens is 275 g/mol. The maximum Gasteiger partial charge on any atom is 0.393 e. The van der Waals surface area contributed by atoms with E-state index in [1.807, 2.05) is 0 Å². The number of carbonyl (C=O) groups is 2. The molecule has 1 rings (SSSR count). The van der Waals surface area contributed by atoms with Crippen molar-refractivity contribution in [3.05, 3.63) is 0 Å². The monoisotopic (exact) mass is 295 g/mol. The van der Waals surface area contributed by atoms with Crippen molar-refractivity contribution < 1.29 is 22.8 Å². The van der Waals surface area contributed by atoms with Gasteiger partial charge in [-0.25, -0.2) is 0 Å². The molecule has 0 aliphatic carbocycles. The van der Waals surface area contributed by atoms with E-state index in [2.05, 4.69) is 10.6 Å². The number of halogens is 3. The third-order valence-electron chi connectivity index (χ3n) is 3.36. The summed E-state index contributed by atoms with van der Waals surface area (Å²) in [6, 6.07) is -1.37. The minimum Gasteiger partial charge on any atom is -0.347 e. The Kier molecular flexibility index (Phi) is 5.38. The van der Waals surface area contributed by atoms with Crippen LogP contribution in [0.3, 0.4) is 0 Å².